The lowest BCUT2D eigenvalue weighted by molar-refractivity contribution is -0.303. The van der Waals surface area contributed by atoms with E-state index in [4.69, 9.17) is 4.74 Å². The second-order valence-corrected chi connectivity index (χ2v) is 6.86. The maximum Gasteiger partial charge on any atom is 0.287 e. The second kappa shape index (κ2) is 6.58. The van der Waals surface area contributed by atoms with E-state index in [9.17, 15) is 19.5 Å². The van der Waals surface area contributed by atoms with Crippen molar-refractivity contribution in [3.8, 4) is 0 Å². The molecule has 0 radical (unpaired) electrons. The minimum Gasteiger partial charge on any atom is -0.548 e. The summed E-state index contributed by atoms with van der Waals surface area (Å²) in [5, 5.41) is 11.6. The third-order valence-corrected chi connectivity index (χ3v) is 5.42. The Labute approximate surface area is 153 Å². The first kappa shape index (κ1) is 16.8. The van der Waals surface area contributed by atoms with Gasteiger partial charge >= 0.3 is 0 Å². The molecule has 134 valence electrons. The first-order chi connectivity index (χ1) is 12.6. The number of rotatable bonds is 2. The van der Waals surface area contributed by atoms with Crippen molar-refractivity contribution >= 4 is 46.0 Å². The summed E-state index contributed by atoms with van der Waals surface area (Å²) in [5.74, 6) is -2.37. The first-order valence-corrected chi connectivity index (χ1v) is 8.87. The fourth-order valence-corrected chi connectivity index (χ4v) is 4.18. The predicted molar refractivity (Wildman–Crippen MR) is 93.1 cm³/mol. The van der Waals surface area contributed by atoms with Gasteiger partial charge in [0.05, 0.1) is 41.9 Å². The highest BCUT2D eigenvalue weighted by Crippen LogP contribution is 2.43. The van der Waals surface area contributed by atoms with Crippen molar-refractivity contribution < 1.29 is 24.2 Å². The lowest BCUT2D eigenvalue weighted by Crippen LogP contribution is -2.39. The average molecular weight is 372 g/mol. The summed E-state index contributed by atoms with van der Waals surface area (Å²) in [6.45, 7) is 1.80. The zero-order valence-electron chi connectivity index (χ0n) is 13.6. The minimum absolute atomic E-state index is 0.198. The van der Waals surface area contributed by atoms with Gasteiger partial charge in [-0.15, -0.1) is 0 Å². The van der Waals surface area contributed by atoms with Crippen molar-refractivity contribution in [3.63, 3.8) is 0 Å². The number of aliphatic carboxylic acids is 1. The molecule has 0 saturated carbocycles. The molecule has 9 heteroatoms. The third kappa shape index (κ3) is 2.78. The van der Waals surface area contributed by atoms with Crippen molar-refractivity contribution in [2.45, 2.75) is 0 Å². The van der Waals surface area contributed by atoms with Crippen LogP contribution in [-0.2, 0) is 19.1 Å². The van der Waals surface area contributed by atoms with Crippen LogP contribution < -0.4 is 10.0 Å². The van der Waals surface area contributed by atoms with Crippen LogP contribution in [0.1, 0.15) is 5.56 Å². The van der Waals surface area contributed by atoms with Gasteiger partial charge in [-0.25, -0.2) is 0 Å². The van der Waals surface area contributed by atoms with Crippen LogP contribution in [0.25, 0.3) is 5.57 Å². The van der Waals surface area contributed by atoms with E-state index in [-0.39, 0.29) is 10.5 Å². The highest BCUT2D eigenvalue weighted by molar-refractivity contribution is 8.18. The Morgan fingerprint density at radius 2 is 1.96 bits per heavy atom. The minimum atomic E-state index is -1.37. The number of fused-ring (bicyclic) bond motifs is 1. The molecule has 0 atom stereocenters. The van der Waals surface area contributed by atoms with Gasteiger partial charge in [-0.05, 0) is 17.8 Å². The quantitative estimate of drug-likeness (QED) is 0.642. The number of para-hydroxylation sites is 1. The Morgan fingerprint density at radius 1 is 1.23 bits per heavy atom. The number of thioether (sulfide) groups is 1. The molecule has 26 heavy (non-hydrogen) atoms. The van der Waals surface area contributed by atoms with Crippen molar-refractivity contribution in [2.75, 3.05) is 37.7 Å². The average Bonchev–Trinajstić information content (AvgIpc) is 3.14. The molecule has 3 aliphatic heterocycles. The molecule has 4 rings (SSSR count). The molecule has 3 heterocycles. The Morgan fingerprint density at radius 3 is 2.69 bits per heavy atom. The Bertz CT molecular complexity index is 873. The highest BCUT2D eigenvalue weighted by Gasteiger charge is 2.39. The van der Waals surface area contributed by atoms with Crippen LogP contribution in [0.5, 0.6) is 0 Å². The number of ether oxygens (including phenoxy) is 1. The van der Waals surface area contributed by atoms with Gasteiger partial charge in [-0.2, -0.15) is 4.99 Å². The first-order valence-electron chi connectivity index (χ1n) is 8.05. The molecule has 0 N–H and O–H groups in total. The van der Waals surface area contributed by atoms with E-state index in [2.05, 4.69) is 4.99 Å². The number of amidine groups is 1. The number of aliphatic imine (C=N–C) groups is 1. The van der Waals surface area contributed by atoms with Crippen molar-refractivity contribution in [1.29, 1.82) is 0 Å². The van der Waals surface area contributed by atoms with Crippen molar-refractivity contribution in [3.05, 3.63) is 34.7 Å². The van der Waals surface area contributed by atoms with Gasteiger partial charge in [0, 0.05) is 18.7 Å². The van der Waals surface area contributed by atoms with Gasteiger partial charge < -0.3 is 24.4 Å². The monoisotopic (exact) mass is 372 g/mol. The number of amides is 2. The molecule has 2 amide bonds. The van der Waals surface area contributed by atoms with E-state index >= 15 is 0 Å². The van der Waals surface area contributed by atoms with E-state index in [1.54, 1.807) is 24.3 Å². The van der Waals surface area contributed by atoms with Gasteiger partial charge in [0.1, 0.15) is 0 Å². The van der Waals surface area contributed by atoms with Crippen LogP contribution >= 0.6 is 11.8 Å². The standard InChI is InChI=1S/C17H15N3O5S/c21-12(22)9-20-11-4-2-1-3-10(11)13(16(20)24)14-15(23)18-17(26-14)19-5-7-25-8-6-19/h1-4H,5-9H2,(H,21,22)/p-1/b14-13-. The maximum atomic E-state index is 12.8. The molecule has 0 unspecified atom stereocenters. The number of carboxylic acid groups (broad SMARTS) is 1. The molecule has 1 fully saturated rings. The number of carbonyl (C=O) groups excluding carboxylic acids is 3. The van der Waals surface area contributed by atoms with Crippen molar-refractivity contribution in [2.24, 2.45) is 4.99 Å². The summed E-state index contributed by atoms with van der Waals surface area (Å²) in [6.07, 6.45) is 0. The van der Waals surface area contributed by atoms with E-state index in [0.717, 1.165) is 16.7 Å². The molecule has 1 saturated heterocycles. The molecular weight excluding hydrogens is 358 g/mol. The molecule has 8 nitrogen and oxygen atoms in total. The fourth-order valence-electron chi connectivity index (χ4n) is 3.13. The number of hydrogen-bond acceptors (Lipinski definition) is 7. The summed E-state index contributed by atoms with van der Waals surface area (Å²) in [6, 6.07) is 6.80. The summed E-state index contributed by atoms with van der Waals surface area (Å²) >= 11 is 1.15. The zero-order valence-corrected chi connectivity index (χ0v) is 14.5. The summed E-state index contributed by atoms with van der Waals surface area (Å²) < 4.78 is 5.30. The number of morpholine rings is 1. The highest BCUT2D eigenvalue weighted by atomic mass is 32.2. The molecule has 0 aromatic heterocycles. The molecule has 3 aliphatic rings. The molecule has 1 aromatic rings. The van der Waals surface area contributed by atoms with E-state index in [0.29, 0.717) is 42.7 Å². The second-order valence-electron chi connectivity index (χ2n) is 5.89. The molecule has 1 aromatic carbocycles. The fraction of sp³-hybridized carbons (Fsp3) is 0.294. The number of benzene rings is 1. The lowest BCUT2D eigenvalue weighted by atomic mass is 10.1. The van der Waals surface area contributed by atoms with E-state index < -0.39 is 24.3 Å². The number of hydrogen-bond donors (Lipinski definition) is 0. The van der Waals surface area contributed by atoms with Gasteiger partial charge in [0.15, 0.2) is 5.17 Å². The third-order valence-electron chi connectivity index (χ3n) is 4.30. The lowest BCUT2D eigenvalue weighted by Gasteiger charge is -2.27. The smallest absolute Gasteiger partial charge is 0.287 e. The Balaban J connectivity index is 1.72. The number of anilines is 1. The SMILES string of the molecule is O=C([O-])CN1C(=O)/C(=C2\SC(N3CCOCC3)=NC2=O)c2ccccc21. The number of carbonyl (C=O) groups is 3. The van der Waals surface area contributed by atoms with Gasteiger partial charge in [-0.1, -0.05) is 18.2 Å². The van der Waals surface area contributed by atoms with Gasteiger partial charge in [-0.3, -0.25) is 9.59 Å². The number of nitrogens with zero attached hydrogens (tertiary/aromatic N) is 3. The van der Waals surface area contributed by atoms with E-state index in [1.807, 2.05) is 4.90 Å². The van der Waals surface area contributed by atoms with E-state index in [1.165, 1.54) is 0 Å². The van der Waals surface area contributed by atoms with Gasteiger partial charge in [0.25, 0.3) is 11.8 Å². The van der Waals surface area contributed by atoms with Crippen LogP contribution in [0.3, 0.4) is 0 Å². The predicted octanol–water partition coefficient (Wildman–Crippen LogP) is -0.544. The molecule has 0 spiro atoms. The molecule has 0 aliphatic carbocycles. The number of carboxylic acids is 1. The van der Waals surface area contributed by atoms with Crippen LogP contribution in [0.15, 0.2) is 34.2 Å². The Hall–Kier alpha value is -2.65. The van der Waals surface area contributed by atoms with Crippen LogP contribution in [0.4, 0.5) is 5.69 Å². The van der Waals surface area contributed by atoms with Crippen LogP contribution in [-0.4, -0.2) is 60.7 Å². The summed E-state index contributed by atoms with van der Waals surface area (Å²) in [7, 11) is 0. The van der Waals surface area contributed by atoms with Crippen molar-refractivity contribution in [1.82, 2.24) is 4.90 Å². The largest absolute Gasteiger partial charge is 0.548 e. The van der Waals surface area contributed by atoms with Crippen LogP contribution in [0, 0.1) is 0 Å². The van der Waals surface area contributed by atoms with Gasteiger partial charge in [0.2, 0.25) is 0 Å². The summed E-state index contributed by atoms with van der Waals surface area (Å²) in [4.78, 5) is 43.7. The van der Waals surface area contributed by atoms with Crippen LogP contribution in [0.2, 0.25) is 0 Å². The summed E-state index contributed by atoms with van der Waals surface area (Å²) in [5.41, 5.74) is 1.19. The Kier molecular flexibility index (Phi) is 4.25. The zero-order chi connectivity index (χ0) is 18.3. The topological polar surface area (TPSA) is 102 Å². The maximum absolute atomic E-state index is 12.8. The molecule has 0 bridgehead atoms. The normalized spacial score (nSPS) is 22.7. The molecular formula is C17H14N3O5S-.